The molecular weight excluding hydrogens is 418 g/mol. The van der Waals surface area contributed by atoms with Gasteiger partial charge in [-0.1, -0.05) is 58.4 Å². The Morgan fingerprint density at radius 1 is 0.821 bits per heavy atom. The maximum Gasteiger partial charge on any atom is 0.295 e. The van der Waals surface area contributed by atoms with E-state index in [0.29, 0.717) is 22.2 Å². The van der Waals surface area contributed by atoms with Gasteiger partial charge in [-0.05, 0) is 42.0 Å². The number of carbonyl (C=O) groups is 1. The van der Waals surface area contributed by atoms with E-state index in [9.17, 15) is 9.59 Å². The Bertz CT molecular complexity index is 1260. The van der Waals surface area contributed by atoms with Crippen LogP contribution in [-0.4, -0.2) is 5.91 Å². The fourth-order valence-electron chi connectivity index (χ4n) is 3.74. The molecule has 1 aliphatic rings. The lowest BCUT2D eigenvalue weighted by Gasteiger charge is -2.25. The predicted octanol–water partition coefficient (Wildman–Crippen LogP) is 5.31. The summed E-state index contributed by atoms with van der Waals surface area (Å²) in [5.74, 6) is -0.200. The molecule has 28 heavy (non-hydrogen) atoms. The number of carbonyl (C=O) groups excluding carboxylic acids is 1. The van der Waals surface area contributed by atoms with Crippen LogP contribution in [0.1, 0.15) is 27.7 Å². The molecule has 0 radical (unpaired) electrons. The molecule has 0 bridgehead atoms. The zero-order valence-electron chi connectivity index (χ0n) is 14.6. The lowest BCUT2D eigenvalue weighted by Crippen LogP contribution is -2.29. The van der Waals surface area contributed by atoms with E-state index in [0.717, 1.165) is 10.0 Å². The van der Waals surface area contributed by atoms with Crippen molar-refractivity contribution in [3.63, 3.8) is 0 Å². The van der Waals surface area contributed by atoms with Crippen LogP contribution in [0.3, 0.4) is 0 Å². The summed E-state index contributed by atoms with van der Waals surface area (Å²) in [7, 11) is 0. The van der Waals surface area contributed by atoms with E-state index in [1.807, 2.05) is 54.6 Å². The van der Waals surface area contributed by atoms with Gasteiger partial charge in [0.05, 0.1) is 17.0 Å². The first-order valence-electron chi connectivity index (χ1n) is 8.85. The highest BCUT2D eigenvalue weighted by molar-refractivity contribution is 9.10. The molecule has 4 aromatic rings. The summed E-state index contributed by atoms with van der Waals surface area (Å²) in [6, 6.07) is 23.5. The minimum atomic E-state index is -0.536. The molecule has 0 saturated heterocycles. The van der Waals surface area contributed by atoms with Gasteiger partial charge >= 0.3 is 0 Å². The van der Waals surface area contributed by atoms with Gasteiger partial charge in [0, 0.05) is 10.2 Å². The fraction of sp³-hybridized carbons (Fsp3) is 0.0435. The number of nitrogens with zero attached hydrogens (tertiary/aromatic N) is 1. The first-order valence-corrected chi connectivity index (χ1v) is 9.64. The number of fused-ring (bicyclic) bond motifs is 2. The van der Waals surface area contributed by atoms with Crippen LogP contribution in [-0.2, 0) is 0 Å². The number of rotatable bonds is 2. The van der Waals surface area contributed by atoms with Crippen molar-refractivity contribution < 1.29 is 9.21 Å². The van der Waals surface area contributed by atoms with Crippen molar-refractivity contribution in [2.45, 2.75) is 6.04 Å². The summed E-state index contributed by atoms with van der Waals surface area (Å²) in [4.78, 5) is 28.3. The molecule has 4 nitrogen and oxygen atoms in total. The molecule has 0 aliphatic carbocycles. The Labute approximate surface area is 169 Å². The lowest BCUT2D eigenvalue weighted by molar-refractivity contribution is 0.0971. The molecule has 5 rings (SSSR count). The average molecular weight is 432 g/mol. The highest BCUT2D eigenvalue weighted by atomic mass is 79.9. The third kappa shape index (κ3) is 2.51. The van der Waals surface area contributed by atoms with E-state index in [4.69, 9.17) is 4.42 Å². The van der Waals surface area contributed by atoms with Crippen LogP contribution in [0.4, 0.5) is 5.69 Å². The minimum absolute atomic E-state index is 0.112. The molecule has 1 aromatic heterocycles. The van der Waals surface area contributed by atoms with Crippen molar-refractivity contribution in [3.05, 3.63) is 110 Å². The Kier molecular flexibility index (Phi) is 3.91. The maximum atomic E-state index is 13.3. The van der Waals surface area contributed by atoms with Crippen molar-refractivity contribution in [2.75, 3.05) is 4.90 Å². The Morgan fingerprint density at radius 3 is 2.25 bits per heavy atom. The minimum Gasteiger partial charge on any atom is -0.450 e. The van der Waals surface area contributed by atoms with E-state index >= 15 is 0 Å². The second-order valence-electron chi connectivity index (χ2n) is 6.63. The smallest absolute Gasteiger partial charge is 0.295 e. The Morgan fingerprint density at radius 2 is 1.50 bits per heavy atom. The van der Waals surface area contributed by atoms with Gasteiger partial charge in [0.2, 0.25) is 5.76 Å². The first-order chi connectivity index (χ1) is 13.6. The van der Waals surface area contributed by atoms with Crippen molar-refractivity contribution in [1.82, 2.24) is 0 Å². The molecule has 2 heterocycles. The molecule has 1 unspecified atom stereocenters. The number of para-hydroxylation sites is 1. The SMILES string of the molecule is O=C1c2oc3ccccc3c(=O)c2C(c2ccccc2)N1c1ccc(Br)cc1. The van der Waals surface area contributed by atoms with Gasteiger partial charge in [-0.2, -0.15) is 0 Å². The Hall–Kier alpha value is -3.18. The van der Waals surface area contributed by atoms with Crippen LogP contribution in [0.2, 0.25) is 0 Å². The standard InChI is InChI=1S/C23H14BrNO3/c24-15-10-12-16(13-11-15)25-20(14-6-2-1-3-7-14)19-21(26)17-8-4-5-9-18(17)28-22(19)23(25)27/h1-13,20H. The van der Waals surface area contributed by atoms with E-state index < -0.39 is 6.04 Å². The quantitative estimate of drug-likeness (QED) is 0.432. The molecule has 0 spiro atoms. The third-order valence-corrected chi connectivity index (χ3v) is 5.53. The highest BCUT2D eigenvalue weighted by Gasteiger charge is 2.43. The van der Waals surface area contributed by atoms with E-state index in [2.05, 4.69) is 15.9 Å². The zero-order valence-corrected chi connectivity index (χ0v) is 16.2. The molecule has 0 fully saturated rings. The normalized spacial score (nSPS) is 15.8. The summed E-state index contributed by atoms with van der Waals surface area (Å²) < 4.78 is 6.84. The lowest BCUT2D eigenvalue weighted by atomic mass is 9.98. The van der Waals surface area contributed by atoms with Crippen molar-refractivity contribution in [1.29, 1.82) is 0 Å². The van der Waals surface area contributed by atoms with Crippen LogP contribution in [0, 0.1) is 0 Å². The number of halogens is 1. The second kappa shape index (κ2) is 6.46. The number of hydrogen-bond donors (Lipinski definition) is 0. The molecule has 3 aromatic carbocycles. The molecule has 0 N–H and O–H groups in total. The van der Waals surface area contributed by atoms with Gasteiger partial charge in [-0.25, -0.2) is 0 Å². The monoisotopic (exact) mass is 431 g/mol. The number of hydrogen-bond acceptors (Lipinski definition) is 3. The average Bonchev–Trinajstić information content (AvgIpc) is 3.02. The van der Waals surface area contributed by atoms with Crippen LogP contribution in [0.25, 0.3) is 11.0 Å². The Balaban J connectivity index is 1.82. The van der Waals surface area contributed by atoms with Crippen molar-refractivity contribution in [3.8, 4) is 0 Å². The first kappa shape index (κ1) is 17.0. The van der Waals surface area contributed by atoms with Crippen LogP contribution >= 0.6 is 15.9 Å². The molecule has 136 valence electrons. The summed E-state index contributed by atoms with van der Waals surface area (Å²) >= 11 is 3.43. The molecule has 0 saturated carbocycles. The van der Waals surface area contributed by atoms with Crippen molar-refractivity contribution in [2.24, 2.45) is 0 Å². The van der Waals surface area contributed by atoms with Crippen LogP contribution < -0.4 is 10.3 Å². The molecule has 1 amide bonds. The van der Waals surface area contributed by atoms with E-state index in [1.165, 1.54) is 0 Å². The van der Waals surface area contributed by atoms with Gasteiger partial charge in [0.15, 0.2) is 5.43 Å². The molecule has 1 aliphatic heterocycles. The van der Waals surface area contributed by atoms with Crippen LogP contribution in [0.5, 0.6) is 0 Å². The topological polar surface area (TPSA) is 50.5 Å². The summed E-state index contributed by atoms with van der Waals surface area (Å²) in [5.41, 5.74) is 2.21. The summed E-state index contributed by atoms with van der Waals surface area (Å²) in [6.45, 7) is 0. The molecular formula is C23H14BrNO3. The van der Waals surface area contributed by atoms with Gasteiger partial charge in [-0.3, -0.25) is 14.5 Å². The largest absolute Gasteiger partial charge is 0.450 e. The maximum absolute atomic E-state index is 13.3. The van der Waals surface area contributed by atoms with E-state index in [-0.39, 0.29) is 17.1 Å². The zero-order chi connectivity index (χ0) is 19.3. The molecule has 1 atom stereocenters. The second-order valence-corrected chi connectivity index (χ2v) is 7.55. The number of anilines is 1. The van der Waals surface area contributed by atoms with Gasteiger partial charge in [0.1, 0.15) is 5.58 Å². The van der Waals surface area contributed by atoms with Gasteiger partial charge < -0.3 is 4.42 Å². The van der Waals surface area contributed by atoms with Crippen molar-refractivity contribution >= 4 is 38.5 Å². The summed E-state index contributed by atoms with van der Waals surface area (Å²) in [5, 5.41) is 0.479. The highest BCUT2D eigenvalue weighted by Crippen LogP contribution is 2.41. The van der Waals surface area contributed by atoms with E-state index in [1.54, 1.807) is 29.2 Å². The number of benzene rings is 3. The third-order valence-electron chi connectivity index (χ3n) is 5.00. The number of amides is 1. The van der Waals surface area contributed by atoms with Gasteiger partial charge in [-0.15, -0.1) is 0 Å². The van der Waals surface area contributed by atoms with Crippen LogP contribution in [0.15, 0.2) is 92.5 Å². The fourth-order valence-corrected chi connectivity index (χ4v) is 4.00. The van der Waals surface area contributed by atoms with Gasteiger partial charge in [0.25, 0.3) is 5.91 Å². The predicted molar refractivity (Wildman–Crippen MR) is 112 cm³/mol. The molecule has 5 heteroatoms. The summed E-state index contributed by atoms with van der Waals surface area (Å²) in [6.07, 6.45) is 0.